The monoisotopic (exact) mass is 353 g/mol. The summed E-state index contributed by atoms with van der Waals surface area (Å²) >= 11 is 1.56. The third kappa shape index (κ3) is 2.99. The quantitative estimate of drug-likeness (QED) is 0.420. The second-order valence-corrected chi connectivity index (χ2v) is 6.02. The van der Waals surface area contributed by atoms with Crippen LogP contribution in [0, 0.1) is 23.3 Å². The van der Waals surface area contributed by atoms with Crippen LogP contribution in [0.3, 0.4) is 0 Å². The van der Waals surface area contributed by atoms with Gasteiger partial charge in [0.2, 0.25) is 0 Å². The van der Waals surface area contributed by atoms with E-state index in [1.807, 2.05) is 29.6 Å². The number of rotatable bonds is 4. The van der Waals surface area contributed by atoms with Crippen LogP contribution in [-0.4, -0.2) is 12.5 Å². The Kier molecular flexibility index (Phi) is 4.53. The Labute approximate surface area is 138 Å². The van der Waals surface area contributed by atoms with Crippen LogP contribution in [0.4, 0.5) is 17.6 Å². The number of carbonyl (C=O) groups is 1. The molecule has 7 heteroatoms. The summed E-state index contributed by atoms with van der Waals surface area (Å²) in [5.74, 6) is -8.24. The molecule has 1 aromatic heterocycles. The summed E-state index contributed by atoms with van der Waals surface area (Å²) in [4.78, 5) is 11.9. The summed E-state index contributed by atoms with van der Waals surface area (Å²) in [6.45, 7) is 0.152. The Bertz CT molecular complexity index is 922. The largest absolute Gasteiger partial charge is 0.352 e. The van der Waals surface area contributed by atoms with E-state index in [0.29, 0.717) is 12.5 Å². The van der Waals surface area contributed by atoms with E-state index < -0.39 is 34.7 Å². The van der Waals surface area contributed by atoms with E-state index in [1.165, 1.54) is 0 Å². The van der Waals surface area contributed by atoms with Crippen LogP contribution in [0.5, 0.6) is 0 Å². The standard InChI is InChI=1S/C17H11F4NOS/c18-12-7-11(14(19)16(21)15(12)20)17(23)22-6-5-9-8-24-13-4-2-1-3-10(9)13/h1-4,7-8H,5-6H2,(H,22,23). The zero-order valence-electron chi connectivity index (χ0n) is 12.2. The van der Waals surface area contributed by atoms with Crippen molar-refractivity contribution in [1.82, 2.24) is 5.32 Å². The number of amides is 1. The minimum absolute atomic E-state index is 0.152. The van der Waals surface area contributed by atoms with Gasteiger partial charge in [0.15, 0.2) is 23.3 Å². The number of carbonyl (C=O) groups excluding carboxylic acids is 1. The van der Waals surface area contributed by atoms with Crippen LogP contribution in [-0.2, 0) is 6.42 Å². The van der Waals surface area contributed by atoms with E-state index in [2.05, 4.69) is 5.32 Å². The molecule has 0 unspecified atom stereocenters. The highest BCUT2D eigenvalue weighted by molar-refractivity contribution is 7.17. The third-order valence-electron chi connectivity index (χ3n) is 3.59. The maximum absolute atomic E-state index is 13.6. The Balaban J connectivity index is 1.70. The van der Waals surface area contributed by atoms with Crippen molar-refractivity contribution in [2.45, 2.75) is 6.42 Å². The second-order valence-electron chi connectivity index (χ2n) is 5.11. The molecule has 0 spiro atoms. The van der Waals surface area contributed by atoms with E-state index in [4.69, 9.17) is 0 Å². The number of fused-ring (bicyclic) bond motifs is 1. The first-order valence-electron chi connectivity index (χ1n) is 7.05. The molecule has 0 aliphatic rings. The van der Waals surface area contributed by atoms with Crippen molar-refractivity contribution in [3.8, 4) is 0 Å². The van der Waals surface area contributed by atoms with Gasteiger partial charge in [0.1, 0.15) is 0 Å². The number of hydrogen-bond donors (Lipinski definition) is 1. The van der Waals surface area contributed by atoms with E-state index in [-0.39, 0.29) is 6.54 Å². The second kappa shape index (κ2) is 6.60. The lowest BCUT2D eigenvalue weighted by Crippen LogP contribution is -2.27. The Morgan fingerprint density at radius 2 is 1.79 bits per heavy atom. The molecule has 1 amide bonds. The molecular weight excluding hydrogens is 342 g/mol. The van der Waals surface area contributed by atoms with Gasteiger partial charge in [-0.15, -0.1) is 11.3 Å². The van der Waals surface area contributed by atoms with Gasteiger partial charge >= 0.3 is 0 Å². The van der Waals surface area contributed by atoms with Gasteiger partial charge in [0, 0.05) is 11.2 Å². The average Bonchev–Trinajstić information content (AvgIpc) is 2.99. The molecule has 124 valence electrons. The van der Waals surface area contributed by atoms with E-state index >= 15 is 0 Å². The van der Waals surface area contributed by atoms with Gasteiger partial charge in [-0.05, 0) is 34.9 Å². The van der Waals surface area contributed by atoms with Crippen molar-refractivity contribution < 1.29 is 22.4 Å². The summed E-state index contributed by atoms with van der Waals surface area (Å²) < 4.78 is 53.9. The van der Waals surface area contributed by atoms with Crippen molar-refractivity contribution in [2.24, 2.45) is 0 Å². The highest BCUT2D eigenvalue weighted by Crippen LogP contribution is 2.25. The first-order valence-corrected chi connectivity index (χ1v) is 7.93. The van der Waals surface area contributed by atoms with Gasteiger partial charge in [-0.1, -0.05) is 18.2 Å². The highest BCUT2D eigenvalue weighted by atomic mass is 32.1. The zero-order chi connectivity index (χ0) is 17.3. The molecule has 3 aromatic rings. The first-order chi connectivity index (χ1) is 11.5. The highest BCUT2D eigenvalue weighted by Gasteiger charge is 2.22. The summed E-state index contributed by atoms with van der Waals surface area (Å²) in [5.41, 5.74) is 0.148. The molecular formula is C17H11F4NOS. The fourth-order valence-corrected chi connectivity index (χ4v) is 3.37. The van der Waals surface area contributed by atoms with E-state index in [1.54, 1.807) is 11.3 Å². The third-order valence-corrected chi connectivity index (χ3v) is 4.60. The van der Waals surface area contributed by atoms with E-state index in [0.717, 1.165) is 15.6 Å². The first kappa shape index (κ1) is 16.4. The summed E-state index contributed by atoms with van der Waals surface area (Å²) in [6, 6.07) is 8.10. The molecule has 0 aliphatic heterocycles. The lowest BCUT2D eigenvalue weighted by molar-refractivity contribution is 0.0948. The molecule has 0 saturated heterocycles. The molecule has 1 N–H and O–H groups in total. The van der Waals surface area contributed by atoms with Crippen molar-refractivity contribution in [2.75, 3.05) is 6.54 Å². The van der Waals surface area contributed by atoms with Gasteiger partial charge < -0.3 is 5.32 Å². The summed E-state index contributed by atoms with van der Waals surface area (Å²) in [7, 11) is 0. The van der Waals surface area contributed by atoms with Crippen LogP contribution in [0.25, 0.3) is 10.1 Å². The minimum atomic E-state index is -2.00. The molecule has 1 heterocycles. The number of benzene rings is 2. The predicted octanol–water partition coefficient (Wildman–Crippen LogP) is 4.43. The van der Waals surface area contributed by atoms with E-state index in [9.17, 15) is 22.4 Å². The zero-order valence-corrected chi connectivity index (χ0v) is 13.0. The predicted molar refractivity (Wildman–Crippen MR) is 84.1 cm³/mol. The number of halogens is 4. The molecule has 0 bridgehead atoms. The molecule has 2 nitrogen and oxygen atoms in total. The topological polar surface area (TPSA) is 29.1 Å². The summed E-state index contributed by atoms with van der Waals surface area (Å²) in [5, 5.41) is 5.40. The maximum atomic E-state index is 13.6. The molecule has 0 radical (unpaired) electrons. The fourth-order valence-electron chi connectivity index (χ4n) is 2.37. The van der Waals surface area contributed by atoms with Crippen LogP contribution in [0.1, 0.15) is 15.9 Å². The van der Waals surface area contributed by atoms with Crippen molar-refractivity contribution in [3.05, 3.63) is 70.1 Å². The SMILES string of the molecule is O=C(NCCc1csc2ccccc12)c1cc(F)c(F)c(F)c1F. The number of hydrogen-bond acceptors (Lipinski definition) is 2. The van der Waals surface area contributed by atoms with Crippen LogP contribution >= 0.6 is 11.3 Å². The number of nitrogens with one attached hydrogen (secondary N) is 1. The van der Waals surface area contributed by atoms with Crippen LogP contribution in [0.2, 0.25) is 0 Å². The van der Waals surface area contributed by atoms with Gasteiger partial charge in [0.25, 0.3) is 5.91 Å². The maximum Gasteiger partial charge on any atom is 0.254 e. The molecule has 24 heavy (non-hydrogen) atoms. The molecule has 2 aromatic carbocycles. The molecule has 0 aliphatic carbocycles. The Morgan fingerprint density at radius 3 is 2.58 bits per heavy atom. The number of thiophene rings is 1. The normalized spacial score (nSPS) is 11.0. The average molecular weight is 353 g/mol. The van der Waals surface area contributed by atoms with Crippen molar-refractivity contribution in [1.29, 1.82) is 0 Å². The summed E-state index contributed by atoms with van der Waals surface area (Å²) in [6.07, 6.45) is 0.476. The smallest absolute Gasteiger partial charge is 0.254 e. The molecule has 0 atom stereocenters. The lowest BCUT2D eigenvalue weighted by Gasteiger charge is -2.07. The van der Waals surface area contributed by atoms with Crippen LogP contribution < -0.4 is 5.32 Å². The van der Waals surface area contributed by atoms with Crippen molar-refractivity contribution >= 4 is 27.3 Å². The van der Waals surface area contributed by atoms with Gasteiger partial charge in [-0.3, -0.25) is 4.79 Å². The Hall–Kier alpha value is -2.41. The van der Waals surface area contributed by atoms with Crippen LogP contribution in [0.15, 0.2) is 35.7 Å². The van der Waals surface area contributed by atoms with Crippen molar-refractivity contribution in [3.63, 3.8) is 0 Å². The minimum Gasteiger partial charge on any atom is -0.352 e. The fraction of sp³-hybridized carbons (Fsp3) is 0.118. The van der Waals surface area contributed by atoms with Gasteiger partial charge in [0.05, 0.1) is 5.56 Å². The Morgan fingerprint density at radius 1 is 1.04 bits per heavy atom. The molecule has 0 saturated carbocycles. The lowest BCUT2D eigenvalue weighted by atomic mass is 10.1. The van der Waals surface area contributed by atoms with Gasteiger partial charge in [-0.25, -0.2) is 17.6 Å². The molecule has 3 rings (SSSR count). The van der Waals surface area contributed by atoms with Gasteiger partial charge in [-0.2, -0.15) is 0 Å². The molecule has 0 fully saturated rings.